The topological polar surface area (TPSA) is 69.7 Å². The van der Waals surface area contributed by atoms with Crippen molar-refractivity contribution in [3.8, 4) is 0 Å². The number of likely N-dealkylation sites (N-methyl/N-ethyl adjacent to an activating group) is 1. The summed E-state index contributed by atoms with van der Waals surface area (Å²) in [7, 11) is 1.48. The highest BCUT2D eigenvalue weighted by Gasteiger charge is 2.35. The van der Waals surface area contributed by atoms with E-state index in [0.717, 1.165) is 4.90 Å². The van der Waals surface area contributed by atoms with Crippen molar-refractivity contribution in [1.29, 1.82) is 0 Å². The summed E-state index contributed by atoms with van der Waals surface area (Å²) in [5.41, 5.74) is 0. The zero-order valence-electron chi connectivity index (χ0n) is 11.2. The molecule has 0 aromatic heterocycles. The maximum Gasteiger partial charge on any atom is 0.246 e. The minimum absolute atomic E-state index is 0.0672. The Labute approximate surface area is 107 Å². The third-order valence-corrected chi connectivity index (χ3v) is 3.23. The van der Waals surface area contributed by atoms with Crippen molar-refractivity contribution in [3.63, 3.8) is 0 Å². The fourth-order valence-corrected chi connectivity index (χ4v) is 2.00. The van der Waals surface area contributed by atoms with E-state index >= 15 is 0 Å². The number of carbonyl (C=O) groups is 3. The molecule has 0 aromatic rings. The molecule has 6 nitrogen and oxygen atoms in total. The molecular formula is C12H21N3O3. The molecule has 1 unspecified atom stereocenters. The fourth-order valence-electron chi connectivity index (χ4n) is 2.00. The molecule has 1 N–H and O–H groups in total. The summed E-state index contributed by atoms with van der Waals surface area (Å²) in [6, 6.07) is -0.466. The summed E-state index contributed by atoms with van der Waals surface area (Å²) < 4.78 is 0. The number of rotatable bonds is 6. The van der Waals surface area contributed by atoms with Gasteiger partial charge in [0.15, 0.2) is 0 Å². The van der Waals surface area contributed by atoms with E-state index in [0.29, 0.717) is 26.1 Å². The molecule has 102 valence electrons. The van der Waals surface area contributed by atoms with Crippen molar-refractivity contribution in [3.05, 3.63) is 0 Å². The lowest BCUT2D eigenvalue weighted by Gasteiger charge is -2.19. The Morgan fingerprint density at radius 1 is 1.39 bits per heavy atom. The molecule has 0 saturated carbocycles. The first-order valence-electron chi connectivity index (χ1n) is 6.32. The van der Waals surface area contributed by atoms with Gasteiger partial charge in [-0.05, 0) is 13.8 Å². The molecule has 1 rings (SSSR count). The van der Waals surface area contributed by atoms with Gasteiger partial charge in [0.1, 0.15) is 0 Å². The zero-order valence-corrected chi connectivity index (χ0v) is 11.2. The van der Waals surface area contributed by atoms with E-state index in [1.165, 1.54) is 7.05 Å². The van der Waals surface area contributed by atoms with Gasteiger partial charge in [0.2, 0.25) is 17.7 Å². The number of imide groups is 1. The van der Waals surface area contributed by atoms with Crippen LogP contribution in [0, 0.1) is 0 Å². The second kappa shape index (κ2) is 6.49. The van der Waals surface area contributed by atoms with Gasteiger partial charge in [0.25, 0.3) is 0 Å². The molecule has 1 fully saturated rings. The summed E-state index contributed by atoms with van der Waals surface area (Å²) in [4.78, 5) is 37.5. The van der Waals surface area contributed by atoms with Gasteiger partial charge in [-0.25, -0.2) is 0 Å². The van der Waals surface area contributed by atoms with E-state index in [-0.39, 0.29) is 24.1 Å². The van der Waals surface area contributed by atoms with Crippen LogP contribution >= 0.6 is 0 Å². The van der Waals surface area contributed by atoms with E-state index in [1.54, 1.807) is 4.90 Å². The number of likely N-dealkylation sites (tertiary alicyclic amines) is 1. The van der Waals surface area contributed by atoms with E-state index in [4.69, 9.17) is 0 Å². The number of amides is 3. The second-order valence-corrected chi connectivity index (χ2v) is 4.32. The average Bonchev–Trinajstić information content (AvgIpc) is 2.59. The molecule has 1 saturated heterocycles. The van der Waals surface area contributed by atoms with Gasteiger partial charge in [0.05, 0.1) is 12.5 Å². The van der Waals surface area contributed by atoms with Gasteiger partial charge in [-0.1, -0.05) is 0 Å². The predicted octanol–water partition coefficient (Wildman–Crippen LogP) is -0.408. The molecular weight excluding hydrogens is 234 g/mol. The first-order chi connectivity index (χ1) is 8.51. The lowest BCUT2D eigenvalue weighted by Crippen LogP contribution is -2.39. The van der Waals surface area contributed by atoms with E-state index in [9.17, 15) is 14.4 Å². The second-order valence-electron chi connectivity index (χ2n) is 4.32. The van der Waals surface area contributed by atoms with Gasteiger partial charge in [-0.3, -0.25) is 19.3 Å². The number of nitrogens with zero attached hydrogens (tertiary/aromatic N) is 2. The van der Waals surface area contributed by atoms with E-state index in [2.05, 4.69) is 5.32 Å². The van der Waals surface area contributed by atoms with Crippen LogP contribution in [0.25, 0.3) is 0 Å². The molecule has 0 aromatic carbocycles. The molecule has 1 aliphatic rings. The highest BCUT2D eigenvalue weighted by Crippen LogP contribution is 2.10. The van der Waals surface area contributed by atoms with Crippen LogP contribution in [0.15, 0.2) is 0 Å². The van der Waals surface area contributed by atoms with Crippen molar-refractivity contribution in [2.75, 3.05) is 26.7 Å². The van der Waals surface area contributed by atoms with Crippen LogP contribution in [0.3, 0.4) is 0 Å². The first kappa shape index (κ1) is 14.6. The third kappa shape index (κ3) is 3.29. The SMILES string of the molecule is CCN(CC)C(=O)CCNC1CC(=O)N(C)C1=O. The molecule has 18 heavy (non-hydrogen) atoms. The molecule has 0 bridgehead atoms. The Morgan fingerprint density at radius 3 is 2.44 bits per heavy atom. The Hall–Kier alpha value is -1.43. The first-order valence-corrected chi connectivity index (χ1v) is 6.32. The van der Waals surface area contributed by atoms with Gasteiger partial charge < -0.3 is 10.2 Å². The summed E-state index contributed by atoms with van der Waals surface area (Å²) >= 11 is 0. The minimum Gasteiger partial charge on any atom is -0.343 e. The van der Waals surface area contributed by atoms with Crippen LogP contribution in [-0.4, -0.2) is 60.2 Å². The Bertz CT molecular complexity index is 339. The summed E-state index contributed by atoms with van der Waals surface area (Å²) in [6.45, 7) is 5.68. The van der Waals surface area contributed by atoms with Crippen LogP contribution < -0.4 is 5.32 Å². The van der Waals surface area contributed by atoms with Crippen molar-refractivity contribution in [1.82, 2.24) is 15.1 Å². The minimum atomic E-state index is -0.466. The molecule has 1 atom stereocenters. The monoisotopic (exact) mass is 255 g/mol. The lowest BCUT2D eigenvalue weighted by atomic mass is 10.2. The highest BCUT2D eigenvalue weighted by molar-refractivity contribution is 6.05. The Morgan fingerprint density at radius 2 is 2.00 bits per heavy atom. The van der Waals surface area contributed by atoms with Crippen LogP contribution in [0.4, 0.5) is 0 Å². The normalized spacial score (nSPS) is 19.5. The van der Waals surface area contributed by atoms with E-state index < -0.39 is 6.04 Å². The maximum absolute atomic E-state index is 11.7. The Kier molecular flexibility index (Phi) is 5.27. The van der Waals surface area contributed by atoms with Crippen LogP contribution in [0.1, 0.15) is 26.7 Å². The molecule has 0 radical (unpaired) electrons. The molecule has 6 heteroatoms. The number of carbonyl (C=O) groups excluding carboxylic acids is 3. The number of hydrogen-bond acceptors (Lipinski definition) is 4. The van der Waals surface area contributed by atoms with Gasteiger partial charge in [-0.2, -0.15) is 0 Å². The van der Waals surface area contributed by atoms with Gasteiger partial charge >= 0.3 is 0 Å². The van der Waals surface area contributed by atoms with Crippen LogP contribution in [-0.2, 0) is 14.4 Å². The van der Waals surface area contributed by atoms with Crippen molar-refractivity contribution >= 4 is 17.7 Å². The van der Waals surface area contributed by atoms with Crippen LogP contribution in [0.5, 0.6) is 0 Å². The average molecular weight is 255 g/mol. The van der Waals surface area contributed by atoms with Crippen LogP contribution in [0.2, 0.25) is 0 Å². The maximum atomic E-state index is 11.7. The van der Waals surface area contributed by atoms with Crippen molar-refractivity contribution in [2.24, 2.45) is 0 Å². The largest absolute Gasteiger partial charge is 0.343 e. The smallest absolute Gasteiger partial charge is 0.246 e. The molecule has 0 spiro atoms. The predicted molar refractivity (Wildman–Crippen MR) is 66.7 cm³/mol. The highest BCUT2D eigenvalue weighted by atomic mass is 16.2. The quantitative estimate of drug-likeness (QED) is 0.655. The van der Waals surface area contributed by atoms with Crippen molar-refractivity contribution < 1.29 is 14.4 Å². The van der Waals surface area contributed by atoms with Crippen molar-refractivity contribution in [2.45, 2.75) is 32.7 Å². The standard InChI is InChI=1S/C12H21N3O3/c1-4-15(5-2)10(16)6-7-13-9-8-11(17)14(3)12(9)18/h9,13H,4-8H2,1-3H3. The molecule has 3 amide bonds. The number of nitrogens with one attached hydrogen (secondary N) is 1. The molecule has 1 heterocycles. The molecule has 1 aliphatic heterocycles. The van der Waals surface area contributed by atoms with Gasteiger partial charge in [-0.15, -0.1) is 0 Å². The fraction of sp³-hybridized carbons (Fsp3) is 0.750. The zero-order chi connectivity index (χ0) is 13.7. The summed E-state index contributed by atoms with van der Waals surface area (Å²) in [5.74, 6) is -0.319. The lowest BCUT2D eigenvalue weighted by molar-refractivity contribution is -0.137. The third-order valence-electron chi connectivity index (χ3n) is 3.23. The Balaban J connectivity index is 2.33. The summed E-state index contributed by atoms with van der Waals surface area (Å²) in [5, 5.41) is 2.97. The van der Waals surface area contributed by atoms with E-state index in [1.807, 2.05) is 13.8 Å². The summed E-state index contributed by atoms with van der Waals surface area (Å²) in [6.07, 6.45) is 0.540. The van der Waals surface area contributed by atoms with Gasteiger partial charge in [0, 0.05) is 33.1 Å². The molecule has 0 aliphatic carbocycles. The number of hydrogen-bond donors (Lipinski definition) is 1.